The van der Waals surface area contributed by atoms with E-state index in [0.717, 1.165) is 0 Å². The Bertz CT molecular complexity index is 503. The monoisotopic (exact) mass is 356 g/mol. The molecule has 20 heavy (non-hydrogen) atoms. The Kier molecular flexibility index (Phi) is 6.00. The van der Waals surface area contributed by atoms with Crippen molar-refractivity contribution in [1.82, 2.24) is 14.7 Å². The molecule has 0 aliphatic heterocycles. The zero-order valence-electron chi connectivity index (χ0n) is 11.2. The largest absolute Gasteiger partial charge is 0.401 e. The minimum Gasteiger partial charge on any atom is -0.383 e. The summed E-state index contributed by atoms with van der Waals surface area (Å²) in [6.07, 6.45) is -2.17. The number of halogens is 4. The van der Waals surface area contributed by atoms with Crippen LogP contribution in [0.25, 0.3) is 0 Å². The molecule has 1 N–H and O–H groups in total. The Hall–Kier alpha value is -1.09. The van der Waals surface area contributed by atoms with E-state index in [4.69, 9.17) is 0 Å². The third kappa shape index (κ3) is 5.49. The average Bonchev–Trinajstić information content (AvgIpc) is 2.32. The van der Waals surface area contributed by atoms with Crippen molar-refractivity contribution in [3.05, 3.63) is 21.0 Å². The van der Waals surface area contributed by atoms with Crippen LogP contribution < -0.4 is 10.9 Å². The number of anilines is 1. The first-order chi connectivity index (χ1) is 9.20. The van der Waals surface area contributed by atoms with Crippen LogP contribution in [0.3, 0.4) is 0 Å². The summed E-state index contributed by atoms with van der Waals surface area (Å²) in [7, 11) is 2.95. The lowest BCUT2D eigenvalue weighted by molar-refractivity contribution is -0.142. The second kappa shape index (κ2) is 7.07. The molecule has 0 aromatic carbocycles. The van der Waals surface area contributed by atoms with Gasteiger partial charge in [-0.25, -0.2) is 4.68 Å². The summed E-state index contributed by atoms with van der Waals surface area (Å²) in [5.41, 5.74) is 0.260. The van der Waals surface area contributed by atoms with E-state index in [1.165, 1.54) is 29.9 Å². The van der Waals surface area contributed by atoms with Crippen molar-refractivity contribution in [3.63, 3.8) is 0 Å². The van der Waals surface area contributed by atoms with E-state index in [1.54, 1.807) is 0 Å². The van der Waals surface area contributed by atoms with Gasteiger partial charge < -0.3 is 5.32 Å². The Labute approximate surface area is 122 Å². The SMILES string of the molecule is CN(CCCNc1cnn(C)c(=O)c1Br)CC(F)(F)F. The fourth-order valence-corrected chi connectivity index (χ4v) is 2.09. The molecular weight excluding hydrogens is 341 g/mol. The molecule has 1 heterocycles. The normalized spacial score (nSPS) is 11.9. The number of alkyl halides is 3. The molecule has 0 bridgehead atoms. The van der Waals surface area contributed by atoms with E-state index in [-0.39, 0.29) is 5.56 Å². The van der Waals surface area contributed by atoms with Gasteiger partial charge in [0.25, 0.3) is 5.56 Å². The van der Waals surface area contributed by atoms with Crippen molar-refractivity contribution in [3.8, 4) is 0 Å². The Balaban J connectivity index is 2.39. The van der Waals surface area contributed by atoms with Crippen LogP contribution in [-0.2, 0) is 7.05 Å². The Morgan fingerprint density at radius 1 is 1.50 bits per heavy atom. The van der Waals surface area contributed by atoms with Crippen molar-refractivity contribution in [2.45, 2.75) is 12.6 Å². The van der Waals surface area contributed by atoms with Crippen LogP contribution in [0.15, 0.2) is 15.5 Å². The number of hydrogen-bond acceptors (Lipinski definition) is 4. The van der Waals surface area contributed by atoms with Crippen LogP contribution in [-0.4, -0.2) is 47.5 Å². The molecule has 0 saturated carbocycles. The van der Waals surface area contributed by atoms with Gasteiger partial charge in [-0.3, -0.25) is 9.69 Å². The minimum atomic E-state index is -4.18. The highest BCUT2D eigenvalue weighted by Gasteiger charge is 2.28. The highest BCUT2D eigenvalue weighted by molar-refractivity contribution is 9.10. The van der Waals surface area contributed by atoms with E-state index in [9.17, 15) is 18.0 Å². The third-order valence-electron chi connectivity index (χ3n) is 2.56. The van der Waals surface area contributed by atoms with E-state index < -0.39 is 12.7 Å². The molecule has 1 aromatic rings. The molecule has 0 fully saturated rings. The first-order valence-electron chi connectivity index (χ1n) is 5.91. The standard InChI is InChI=1S/C11H16BrF3N4O/c1-18(7-11(13,14)15)5-3-4-16-8-6-17-19(2)10(20)9(8)12/h6,16H,3-5,7H2,1-2H3. The molecule has 1 aromatic heterocycles. The number of hydrogen-bond donors (Lipinski definition) is 1. The summed E-state index contributed by atoms with van der Waals surface area (Å²) in [6, 6.07) is 0. The average molecular weight is 357 g/mol. The summed E-state index contributed by atoms with van der Waals surface area (Å²) < 4.78 is 37.9. The van der Waals surface area contributed by atoms with Gasteiger partial charge in [0.05, 0.1) is 18.4 Å². The molecule has 5 nitrogen and oxygen atoms in total. The van der Waals surface area contributed by atoms with Gasteiger partial charge in [-0.05, 0) is 35.9 Å². The quantitative estimate of drug-likeness (QED) is 0.790. The van der Waals surface area contributed by atoms with E-state index in [0.29, 0.717) is 29.7 Å². The topological polar surface area (TPSA) is 50.2 Å². The van der Waals surface area contributed by atoms with Crippen LogP contribution in [0.1, 0.15) is 6.42 Å². The highest BCUT2D eigenvalue weighted by atomic mass is 79.9. The molecule has 1 rings (SSSR count). The van der Waals surface area contributed by atoms with E-state index in [2.05, 4.69) is 26.3 Å². The second-order valence-electron chi connectivity index (χ2n) is 4.43. The predicted octanol–water partition coefficient (Wildman–Crippen LogP) is 1.84. The highest BCUT2D eigenvalue weighted by Crippen LogP contribution is 2.17. The van der Waals surface area contributed by atoms with Gasteiger partial charge in [0.2, 0.25) is 0 Å². The van der Waals surface area contributed by atoms with Crippen LogP contribution in [0.2, 0.25) is 0 Å². The maximum atomic E-state index is 12.1. The van der Waals surface area contributed by atoms with Gasteiger partial charge in [-0.15, -0.1) is 0 Å². The first-order valence-corrected chi connectivity index (χ1v) is 6.71. The number of aromatic nitrogens is 2. The molecule has 0 aliphatic carbocycles. The maximum absolute atomic E-state index is 12.1. The van der Waals surface area contributed by atoms with E-state index >= 15 is 0 Å². The van der Waals surface area contributed by atoms with Gasteiger partial charge in [-0.1, -0.05) is 0 Å². The molecule has 114 valence electrons. The molecule has 0 saturated heterocycles. The summed E-state index contributed by atoms with van der Waals surface area (Å²) in [5, 5.41) is 6.82. The van der Waals surface area contributed by atoms with E-state index in [1.807, 2.05) is 0 Å². The predicted molar refractivity (Wildman–Crippen MR) is 73.8 cm³/mol. The summed E-state index contributed by atoms with van der Waals surface area (Å²) >= 11 is 3.16. The van der Waals surface area contributed by atoms with Gasteiger partial charge in [0.15, 0.2) is 0 Å². The lowest BCUT2D eigenvalue weighted by Gasteiger charge is -2.18. The van der Waals surface area contributed by atoms with Crippen LogP contribution in [0.4, 0.5) is 18.9 Å². The molecule has 0 radical (unpaired) electrons. The smallest absolute Gasteiger partial charge is 0.383 e. The number of nitrogens with zero attached hydrogens (tertiary/aromatic N) is 3. The zero-order chi connectivity index (χ0) is 15.3. The molecule has 0 unspecified atom stereocenters. The van der Waals surface area contributed by atoms with Crippen molar-refractivity contribution in [2.24, 2.45) is 7.05 Å². The van der Waals surface area contributed by atoms with Crippen LogP contribution >= 0.6 is 15.9 Å². The number of rotatable bonds is 6. The Morgan fingerprint density at radius 3 is 2.75 bits per heavy atom. The fraction of sp³-hybridized carbons (Fsp3) is 0.636. The first kappa shape index (κ1) is 17.0. The third-order valence-corrected chi connectivity index (χ3v) is 3.33. The zero-order valence-corrected chi connectivity index (χ0v) is 12.8. The molecule has 0 aliphatic rings. The molecule has 0 spiro atoms. The minimum absolute atomic E-state index is 0.274. The Morgan fingerprint density at radius 2 is 2.15 bits per heavy atom. The second-order valence-corrected chi connectivity index (χ2v) is 5.23. The van der Waals surface area contributed by atoms with Crippen molar-refractivity contribution in [2.75, 3.05) is 32.0 Å². The van der Waals surface area contributed by atoms with Crippen LogP contribution in [0.5, 0.6) is 0 Å². The van der Waals surface area contributed by atoms with Crippen LogP contribution in [0, 0.1) is 0 Å². The summed E-state index contributed by atoms with van der Waals surface area (Å²) in [4.78, 5) is 12.8. The molecule has 9 heteroatoms. The summed E-state index contributed by atoms with van der Waals surface area (Å²) in [5.74, 6) is 0. The van der Waals surface area contributed by atoms with Gasteiger partial charge >= 0.3 is 6.18 Å². The van der Waals surface area contributed by atoms with Gasteiger partial charge in [0, 0.05) is 13.6 Å². The molecule has 0 atom stereocenters. The molecular formula is C11H16BrF3N4O. The number of aryl methyl sites for hydroxylation is 1. The van der Waals surface area contributed by atoms with Gasteiger partial charge in [0.1, 0.15) is 4.47 Å². The maximum Gasteiger partial charge on any atom is 0.401 e. The van der Waals surface area contributed by atoms with Crippen molar-refractivity contribution in [1.29, 1.82) is 0 Å². The van der Waals surface area contributed by atoms with Gasteiger partial charge in [-0.2, -0.15) is 18.3 Å². The number of nitrogens with one attached hydrogen (secondary N) is 1. The van der Waals surface area contributed by atoms with Crippen molar-refractivity contribution >= 4 is 21.6 Å². The van der Waals surface area contributed by atoms with Crippen molar-refractivity contribution < 1.29 is 13.2 Å². The molecule has 0 amide bonds. The fourth-order valence-electron chi connectivity index (χ4n) is 1.59. The summed E-state index contributed by atoms with van der Waals surface area (Å²) in [6.45, 7) is -0.165. The lowest BCUT2D eigenvalue weighted by atomic mass is 10.3. The lowest BCUT2D eigenvalue weighted by Crippen LogP contribution is -2.32.